The Kier molecular flexibility index (Phi) is 7.57. The second-order valence-corrected chi connectivity index (χ2v) is 8.47. The Bertz CT molecular complexity index is 1140. The molecule has 0 spiro atoms. The van der Waals surface area contributed by atoms with Crippen LogP contribution in [-0.4, -0.2) is 59.7 Å². The predicted molar refractivity (Wildman–Crippen MR) is 134 cm³/mol. The van der Waals surface area contributed by atoms with Gasteiger partial charge in [-0.2, -0.15) is 20.1 Å². The van der Waals surface area contributed by atoms with E-state index in [4.69, 9.17) is 9.47 Å². The number of methoxy groups -OCH3 is 1. The SMILES string of the molecule is COc1cc(/C=N\Nc2nc(Nc3ccccc3)nc(N3CCOCC3)n2)c(Br)c(Br)c1O. The van der Waals surface area contributed by atoms with Gasteiger partial charge in [-0.25, -0.2) is 5.43 Å². The third-order valence-corrected chi connectivity index (χ3v) is 6.87. The van der Waals surface area contributed by atoms with E-state index in [2.05, 4.69) is 62.7 Å². The number of hydrogen-bond acceptors (Lipinski definition) is 10. The fourth-order valence-corrected chi connectivity index (χ4v) is 3.88. The number of aromatic nitrogens is 3. The summed E-state index contributed by atoms with van der Waals surface area (Å²) in [6.45, 7) is 2.59. The summed E-state index contributed by atoms with van der Waals surface area (Å²) in [5, 5.41) is 17.6. The van der Waals surface area contributed by atoms with Crippen molar-refractivity contribution in [1.82, 2.24) is 15.0 Å². The topological polar surface area (TPSA) is 117 Å². The molecule has 2 heterocycles. The fraction of sp³-hybridized carbons (Fsp3) is 0.238. The largest absolute Gasteiger partial charge is 0.503 e. The fourth-order valence-electron chi connectivity index (χ4n) is 3.05. The third kappa shape index (κ3) is 5.70. The van der Waals surface area contributed by atoms with Crippen LogP contribution in [0.3, 0.4) is 0 Å². The predicted octanol–water partition coefficient (Wildman–Crippen LogP) is 4.14. The number of hydrogen-bond donors (Lipinski definition) is 3. The molecule has 1 fully saturated rings. The number of anilines is 4. The van der Waals surface area contributed by atoms with Gasteiger partial charge in [0.2, 0.25) is 17.8 Å². The maximum Gasteiger partial charge on any atom is 0.250 e. The van der Waals surface area contributed by atoms with E-state index in [1.807, 2.05) is 35.2 Å². The quantitative estimate of drug-likeness (QED) is 0.281. The average Bonchev–Trinajstić information content (AvgIpc) is 2.85. The Labute approximate surface area is 207 Å². The Hall–Kier alpha value is -2.96. The first kappa shape index (κ1) is 23.2. The van der Waals surface area contributed by atoms with Crippen LogP contribution in [0, 0.1) is 0 Å². The highest BCUT2D eigenvalue weighted by Gasteiger charge is 2.17. The van der Waals surface area contributed by atoms with Crippen molar-refractivity contribution in [2.24, 2.45) is 5.10 Å². The molecule has 172 valence electrons. The minimum Gasteiger partial charge on any atom is -0.503 e. The van der Waals surface area contributed by atoms with E-state index in [-0.39, 0.29) is 11.7 Å². The van der Waals surface area contributed by atoms with Gasteiger partial charge in [-0.1, -0.05) is 18.2 Å². The maximum absolute atomic E-state index is 10.1. The number of aromatic hydroxyl groups is 1. The van der Waals surface area contributed by atoms with Crippen molar-refractivity contribution in [3.8, 4) is 11.5 Å². The van der Waals surface area contributed by atoms with Crippen LogP contribution >= 0.6 is 31.9 Å². The first-order chi connectivity index (χ1) is 16.0. The first-order valence-corrected chi connectivity index (χ1v) is 11.6. The number of morpholine rings is 1. The molecule has 0 radical (unpaired) electrons. The molecule has 12 heteroatoms. The summed E-state index contributed by atoms with van der Waals surface area (Å²) < 4.78 is 11.7. The maximum atomic E-state index is 10.1. The summed E-state index contributed by atoms with van der Waals surface area (Å²) in [4.78, 5) is 15.6. The Morgan fingerprint density at radius 3 is 2.55 bits per heavy atom. The highest BCUT2D eigenvalue weighted by atomic mass is 79.9. The Morgan fingerprint density at radius 2 is 1.82 bits per heavy atom. The van der Waals surface area contributed by atoms with Crippen molar-refractivity contribution in [2.75, 3.05) is 49.1 Å². The van der Waals surface area contributed by atoms with Crippen molar-refractivity contribution in [2.45, 2.75) is 0 Å². The van der Waals surface area contributed by atoms with Crippen LogP contribution in [0.2, 0.25) is 0 Å². The molecule has 2 aromatic carbocycles. The van der Waals surface area contributed by atoms with Crippen LogP contribution in [0.15, 0.2) is 50.4 Å². The van der Waals surface area contributed by atoms with Crippen LogP contribution in [0.25, 0.3) is 0 Å². The van der Waals surface area contributed by atoms with Gasteiger partial charge in [-0.3, -0.25) is 0 Å². The average molecular weight is 579 g/mol. The Balaban J connectivity index is 1.60. The molecule has 1 aliphatic rings. The summed E-state index contributed by atoms with van der Waals surface area (Å²) in [5.41, 5.74) is 4.40. The number of phenolic OH excluding ortho intramolecular Hbond substituents is 1. The first-order valence-electron chi connectivity index (χ1n) is 10.00. The van der Waals surface area contributed by atoms with Crippen LogP contribution in [0.1, 0.15) is 5.56 Å². The van der Waals surface area contributed by atoms with Crippen LogP contribution < -0.4 is 20.4 Å². The lowest BCUT2D eigenvalue weighted by Crippen LogP contribution is -2.37. The van der Waals surface area contributed by atoms with E-state index in [0.717, 1.165) is 5.69 Å². The molecular formula is C21H21Br2N7O3. The number of nitrogens with one attached hydrogen (secondary N) is 2. The number of phenols is 1. The van der Waals surface area contributed by atoms with Gasteiger partial charge in [0.15, 0.2) is 11.5 Å². The highest BCUT2D eigenvalue weighted by molar-refractivity contribution is 9.13. The molecule has 10 nitrogen and oxygen atoms in total. The molecule has 0 atom stereocenters. The van der Waals surface area contributed by atoms with Crippen molar-refractivity contribution in [3.05, 3.63) is 50.9 Å². The van der Waals surface area contributed by atoms with Gasteiger partial charge in [0.1, 0.15) is 0 Å². The second kappa shape index (κ2) is 10.8. The van der Waals surface area contributed by atoms with Gasteiger partial charge in [-0.15, -0.1) is 0 Å². The molecule has 3 aromatic rings. The minimum atomic E-state index is -0.00117. The van der Waals surface area contributed by atoms with Crippen molar-refractivity contribution >= 4 is 61.6 Å². The van der Waals surface area contributed by atoms with E-state index < -0.39 is 0 Å². The molecular weight excluding hydrogens is 558 g/mol. The molecule has 1 aliphatic heterocycles. The van der Waals surface area contributed by atoms with Crippen LogP contribution in [0.4, 0.5) is 23.5 Å². The van der Waals surface area contributed by atoms with Gasteiger partial charge in [0.25, 0.3) is 0 Å². The monoisotopic (exact) mass is 577 g/mol. The lowest BCUT2D eigenvalue weighted by molar-refractivity contribution is 0.122. The zero-order valence-corrected chi connectivity index (χ0v) is 20.8. The van der Waals surface area contributed by atoms with E-state index in [9.17, 15) is 5.11 Å². The number of rotatable bonds is 7. The second-order valence-electron chi connectivity index (χ2n) is 6.89. The van der Waals surface area contributed by atoms with Gasteiger partial charge < -0.3 is 24.8 Å². The van der Waals surface area contributed by atoms with Crippen LogP contribution in [-0.2, 0) is 4.74 Å². The van der Waals surface area contributed by atoms with Gasteiger partial charge in [-0.05, 0) is 50.1 Å². The molecule has 0 saturated carbocycles. The highest BCUT2D eigenvalue weighted by Crippen LogP contribution is 2.41. The molecule has 0 amide bonds. The number of benzene rings is 2. The standard InChI is InChI=1S/C21H21Br2N7O3/c1-32-15-11-13(16(22)17(23)18(15)31)12-24-29-20-26-19(25-14-5-3-2-4-6-14)27-21(28-20)30-7-9-33-10-8-30/h2-6,11-12,31H,7-10H2,1H3,(H2,25,26,27,28,29)/b24-12-. The Morgan fingerprint density at radius 1 is 1.09 bits per heavy atom. The summed E-state index contributed by atoms with van der Waals surface area (Å²) in [7, 11) is 1.48. The summed E-state index contributed by atoms with van der Waals surface area (Å²) in [6, 6.07) is 11.3. The lowest BCUT2D eigenvalue weighted by Gasteiger charge is -2.27. The molecule has 0 unspecified atom stereocenters. The summed E-state index contributed by atoms with van der Waals surface area (Å²) in [6.07, 6.45) is 1.57. The minimum absolute atomic E-state index is 0.00117. The van der Waals surface area contributed by atoms with E-state index in [0.29, 0.717) is 58.5 Å². The van der Waals surface area contributed by atoms with Crippen molar-refractivity contribution in [1.29, 1.82) is 0 Å². The number of para-hydroxylation sites is 1. The van der Waals surface area contributed by atoms with Gasteiger partial charge >= 0.3 is 0 Å². The van der Waals surface area contributed by atoms with E-state index in [1.54, 1.807) is 12.3 Å². The number of hydrazone groups is 1. The number of nitrogens with zero attached hydrogens (tertiary/aromatic N) is 5. The molecule has 1 saturated heterocycles. The van der Waals surface area contributed by atoms with E-state index in [1.165, 1.54) is 7.11 Å². The van der Waals surface area contributed by atoms with E-state index >= 15 is 0 Å². The van der Waals surface area contributed by atoms with Gasteiger partial charge in [0.05, 0.1) is 31.0 Å². The molecule has 3 N–H and O–H groups in total. The van der Waals surface area contributed by atoms with Crippen molar-refractivity contribution in [3.63, 3.8) is 0 Å². The zero-order valence-electron chi connectivity index (χ0n) is 17.6. The molecule has 0 bridgehead atoms. The third-order valence-electron chi connectivity index (χ3n) is 4.71. The number of halogens is 2. The zero-order chi connectivity index (χ0) is 23.2. The smallest absolute Gasteiger partial charge is 0.250 e. The molecule has 0 aliphatic carbocycles. The number of ether oxygens (including phenoxy) is 2. The summed E-state index contributed by atoms with van der Waals surface area (Å²) >= 11 is 6.78. The lowest BCUT2D eigenvalue weighted by atomic mass is 10.2. The van der Waals surface area contributed by atoms with Crippen LogP contribution in [0.5, 0.6) is 11.5 Å². The van der Waals surface area contributed by atoms with Gasteiger partial charge in [0, 0.05) is 28.8 Å². The molecule has 33 heavy (non-hydrogen) atoms. The molecule has 1 aromatic heterocycles. The molecule has 4 rings (SSSR count). The van der Waals surface area contributed by atoms with Crippen molar-refractivity contribution < 1.29 is 14.6 Å². The normalized spacial score (nSPS) is 13.8. The summed E-state index contributed by atoms with van der Waals surface area (Å²) in [5.74, 6) is 1.52.